The van der Waals surface area contributed by atoms with Crippen molar-refractivity contribution in [3.8, 4) is 0 Å². The molecule has 23 heavy (non-hydrogen) atoms. The lowest BCUT2D eigenvalue weighted by Gasteiger charge is -2.35. The van der Waals surface area contributed by atoms with E-state index in [9.17, 15) is 26.4 Å². The Morgan fingerprint density at radius 2 is 2.00 bits per heavy atom. The standard InChI is InChI=1S/C13H15F3N2O4S/c1-8-2-3-9(12(19)20)7-18(8)23(21,22)10-4-5-11(17-6-10)13(14,15)16/h4-6,8-9H,2-3,7H2,1H3,(H,19,20). The van der Waals surface area contributed by atoms with Gasteiger partial charge < -0.3 is 5.11 Å². The zero-order valence-electron chi connectivity index (χ0n) is 12.1. The molecule has 0 saturated carbocycles. The third kappa shape index (κ3) is 3.63. The van der Waals surface area contributed by atoms with E-state index in [-0.39, 0.29) is 11.4 Å². The molecule has 1 fully saturated rings. The summed E-state index contributed by atoms with van der Waals surface area (Å²) in [6.45, 7) is 1.42. The molecule has 0 aromatic carbocycles. The number of carboxylic acid groups (broad SMARTS) is 1. The highest BCUT2D eigenvalue weighted by Crippen LogP contribution is 2.30. The van der Waals surface area contributed by atoms with Crippen LogP contribution in [0, 0.1) is 5.92 Å². The van der Waals surface area contributed by atoms with Gasteiger partial charge in [0.15, 0.2) is 0 Å². The van der Waals surface area contributed by atoms with Gasteiger partial charge in [-0.25, -0.2) is 8.42 Å². The fourth-order valence-corrected chi connectivity index (χ4v) is 4.10. The topological polar surface area (TPSA) is 87.6 Å². The van der Waals surface area contributed by atoms with Crippen LogP contribution in [-0.2, 0) is 21.0 Å². The molecule has 2 atom stereocenters. The quantitative estimate of drug-likeness (QED) is 0.899. The van der Waals surface area contributed by atoms with Crippen molar-refractivity contribution >= 4 is 16.0 Å². The Kier molecular flexibility index (Phi) is 4.67. The highest BCUT2D eigenvalue weighted by atomic mass is 32.2. The van der Waals surface area contributed by atoms with Crippen LogP contribution >= 0.6 is 0 Å². The van der Waals surface area contributed by atoms with Gasteiger partial charge in [-0.3, -0.25) is 9.78 Å². The summed E-state index contributed by atoms with van der Waals surface area (Å²) in [5.74, 6) is -1.92. The van der Waals surface area contributed by atoms with Crippen molar-refractivity contribution in [2.24, 2.45) is 5.92 Å². The number of alkyl halides is 3. The van der Waals surface area contributed by atoms with Gasteiger partial charge in [0.05, 0.1) is 5.92 Å². The number of aromatic nitrogens is 1. The molecule has 1 aromatic heterocycles. The number of sulfonamides is 1. The Morgan fingerprint density at radius 3 is 2.48 bits per heavy atom. The fraction of sp³-hybridized carbons (Fsp3) is 0.538. The third-order valence-electron chi connectivity index (χ3n) is 3.81. The van der Waals surface area contributed by atoms with Gasteiger partial charge in [-0.1, -0.05) is 0 Å². The lowest BCUT2D eigenvalue weighted by Crippen LogP contribution is -2.47. The van der Waals surface area contributed by atoms with E-state index in [1.165, 1.54) is 0 Å². The molecular formula is C13H15F3N2O4S. The summed E-state index contributed by atoms with van der Waals surface area (Å²) in [5, 5.41) is 9.05. The Hall–Kier alpha value is -1.68. The molecule has 1 N–H and O–H groups in total. The maximum absolute atomic E-state index is 12.5. The van der Waals surface area contributed by atoms with E-state index in [2.05, 4.69) is 4.98 Å². The molecule has 0 aliphatic carbocycles. The third-order valence-corrected chi connectivity index (χ3v) is 5.77. The molecule has 0 amide bonds. The number of hydrogen-bond acceptors (Lipinski definition) is 4. The summed E-state index contributed by atoms with van der Waals surface area (Å²) >= 11 is 0. The average Bonchev–Trinajstić information content (AvgIpc) is 2.46. The van der Waals surface area contributed by atoms with Crippen LogP contribution in [0.25, 0.3) is 0 Å². The number of carboxylic acids is 1. The van der Waals surface area contributed by atoms with Gasteiger partial charge in [-0.15, -0.1) is 0 Å². The van der Waals surface area contributed by atoms with E-state index in [1.807, 2.05) is 0 Å². The highest BCUT2D eigenvalue weighted by Gasteiger charge is 2.38. The van der Waals surface area contributed by atoms with Crippen molar-refractivity contribution < 1.29 is 31.5 Å². The zero-order valence-corrected chi connectivity index (χ0v) is 12.9. The van der Waals surface area contributed by atoms with Crippen LogP contribution in [0.2, 0.25) is 0 Å². The number of rotatable bonds is 3. The molecule has 6 nitrogen and oxygen atoms in total. The van der Waals surface area contributed by atoms with Gasteiger partial charge in [0, 0.05) is 18.8 Å². The van der Waals surface area contributed by atoms with E-state index in [0.717, 1.165) is 10.4 Å². The number of piperidine rings is 1. The van der Waals surface area contributed by atoms with E-state index in [0.29, 0.717) is 25.1 Å². The predicted molar refractivity (Wildman–Crippen MR) is 73.0 cm³/mol. The molecule has 1 saturated heterocycles. The Morgan fingerprint density at radius 1 is 1.35 bits per heavy atom. The second kappa shape index (κ2) is 6.08. The SMILES string of the molecule is CC1CCC(C(=O)O)CN1S(=O)(=O)c1ccc(C(F)(F)F)nc1. The monoisotopic (exact) mass is 352 g/mol. The number of pyridine rings is 1. The number of nitrogens with zero attached hydrogens (tertiary/aromatic N) is 2. The van der Waals surface area contributed by atoms with Crippen LogP contribution in [0.5, 0.6) is 0 Å². The van der Waals surface area contributed by atoms with Gasteiger partial charge in [-0.2, -0.15) is 17.5 Å². The lowest BCUT2D eigenvalue weighted by molar-refractivity contribution is -0.143. The molecule has 2 rings (SSSR count). The molecule has 2 heterocycles. The van der Waals surface area contributed by atoms with E-state index in [1.54, 1.807) is 6.92 Å². The van der Waals surface area contributed by atoms with Crippen LogP contribution in [0.15, 0.2) is 23.2 Å². The van der Waals surface area contributed by atoms with Crippen LogP contribution < -0.4 is 0 Å². The second-order valence-corrected chi connectivity index (χ2v) is 7.30. The van der Waals surface area contributed by atoms with Gasteiger partial charge in [0.1, 0.15) is 10.6 Å². The van der Waals surface area contributed by atoms with Gasteiger partial charge in [0.2, 0.25) is 10.0 Å². The minimum atomic E-state index is -4.66. The molecule has 0 bridgehead atoms. The number of carbonyl (C=O) groups is 1. The first-order valence-corrected chi connectivity index (χ1v) is 8.25. The molecule has 1 aliphatic rings. The summed E-state index contributed by atoms with van der Waals surface area (Å²) < 4.78 is 63.5. The number of hydrogen-bond donors (Lipinski definition) is 1. The normalized spacial score (nSPS) is 23.7. The first kappa shape index (κ1) is 17.7. The minimum Gasteiger partial charge on any atom is -0.481 e. The highest BCUT2D eigenvalue weighted by molar-refractivity contribution is 7.89. The maximum atomic E-state index is 12.5. The van der Waals surface area contributed by atoms with Crippen LogP contribution in [0.4, 0.5) is 13.2 Å². The zero-order chi connectivity index (χ0) is 17.4. The smallest absolute Gasteiger partial charge is 0.433 e. The molecule has 1 aliphatic heterocycles. The van der Waals surface area contributed by atoms with E-state index >= 15 is 0 Å². The summed E-state index contributed by atoms with van der Waals surface area (Å²) in [4.78, 5) is 13.8. The van der Waals surface area contributed by atoms with Crippen molar-refractivity contribution in [2.45, 2.75) is 36.9 Å². The Bertz CT molecular complexity index is 688. The van der Waals surface area contributed by atoms with Gasteiger partial charge in [0.25, 0.3) is 0 Å². The van der Waals surface area contributed by atoms with Gasteiger partial charge >= 0.3 is 12.1 Å². The summed E-state index contributed by atoms with van der Waals surface area (Å²) in [6, 6.07) is 0.996. The first-order chi connectivity index (χ1) is 10.5. The number of aliphatic carboxylic acids is 1. The van der Waals surface area contributed by atoms with Crippen LogP contribution in [-0.4, -0.2) is 41.4 Å². The van der Waals surface area contributed by atoms with Gasteiger partial charge in [-0.05, 0) is 31.9 Å². The van der Waals surface area contributed by atoms with Crippen LogP contribution in [0.1, 0.15) is 25.5 Å². The fourth-order valence-electron chi connectivity index (χ4n) is 2.45. The van der Waals surface area contributed by atoms with Crippen LogP contribution in [0.3, 0.4) is 0 Å². The Labute approximate surface area is 131 Å². The maximum Gasteiger partial charge on any atom is 0.433 e. The molecular weight excluding hydrogens is 337 g/mol. The predicted octanol–water partition coefficient (Wildman–Crippen LogP) is 1.97. The van der Waals surface area contributed by atoms with E-state index < -0.39 is 39.8 Å². The Balaban J connectivity index is 2.31. The van der Waals surface area contributed by atoms with Crippen molar-refractivity contribution in [1.82, 2.24) is 9.29 Å². The van der Waals surface area contributed by atoms with Crippen molar-refractivity contribution in [1.29, 1.82) is 0 Å². The largest absolute Gasteiger partial charge is 0.481 e. The number of halogens is 3. The van der Waals surface area contributed by atoms with Crippen molar-refractivity contribution in [3.05, 3.63) is 24.0 Å². The molecule has 0 radical (unpaired) electrons. The molecule has 0 spiro atoms. The first-order valence-electron chi connectivity index (χ1n) is 6.81. The van der Waals surface area contributed by atoms with Crippen molar-refractivity contribution in [2.75, 3.05) is 6.54 Å². The molecule has 10 heteroatoms. The summed E-state index contributed by atoms with van der Waals surface area (Å²) in [5.41, 5.74) is -1.19. The van der Waals surface area contributed by atoms with Crippen molar-refractivity contribution in [3.63, 3.8) is 0 Å². The average molecular weight is 352 g/mol. The molecule has 1 aromatic rings. The summed E-state index contributed by atoms with van der Waals surface area (Å²) in [7, 11) is -4.10. The minimum absolute atomic E-state index is 0.208. The van der Waals surface area contributed by atoms with E-state index in [4.69, 9.17) is 5.11 Å². The lowest BCUT2D eigenvalue weighted by atomic mass is 9.96. The molecule has 2 unspecified atom stereocenters. The molecule has 128 valence electrons. The second-order valence-electron chi connectivity index (χ2n) is 5.41. The summed E-state index contributed by atoms with van der Waals surface area (Å²) in [6.07, 6.45) is -3.29.